The second kappa shape index (κ2) is 7.58. The molecular weight excluding hydrogens is 316 g/mol. The number of carbonyl (C=O) groups is 2. The third kappa shape index (κ3) is 3.72. The van der Waals surface area contributed by atoms with Crippen LogP contribution in [0.25, 0.3) is 0 Å². The lowest BCUT2D eigenvalue weighted by Crippen LogP contribution is -2.49. The average molecular weight is 346 g/mol. The Morgan fingerprint density at radius 3 is 2.60 bits per heavy atom. The van der Waals surface area contributed by atoms with Gasteiger partial charge in [-0.25, -0.2) is 0 Å². The number of nitrogens with zero attached hydrogens (tertiary/aromatic N) is 3. The van der Waals surface area contributed by atoms with E-state index in [0.717, 1.165) is 36.3 Å². The predicted octanol–water partition coefficient (Wildman–Crippen LogP) is 2.32. The minimum absolute atomic E-state index is 0.0681. The van der Waals surface area contributed by atoms with E-state index in [0.29, 0.717) is 32.0 Å². The van der Waals surface area contributed by atoms with E-state index in [1.54, 1.807) is 0 Å². The summed E-state index contributed by atoms with van der Waals surface area (Å²) in [5.74, 6) is 0.213. The summed E-state index contributed by atoms with van der Waals surface area (Å²) >= 11 is 0. The Labute approximate surface area is 149 Å². The van der Waals surface area contributed by atoms with Crippen LogP contribution < -0.4 is 5.32 Å². The van der Waals surface area contributed by atoms with Gasteiger partial charge in [0.2, 0.25) is 11.8 Å². The molecule has 1 aliphatic heterocycles. The molecule has 3 rings (SSSR count). The van der Waals surface area contributed by atoms with E-state index in [4.69, 9.17) is 0 Å². The Hall–Kier alpha value is -1.85. The van der Waals surface area contributed by atoms with Crippen molar-refractivity contribution in [1.82, 2.24) is 20.0 Å². The maximum Gasteiger partial charge on any atom is 0.225 e. The van der Waals surface area contributed by atoms with Crippen molar-refractivity contribution in [2.75, 3.05) is 6.54 Å². The van der Waals surface area contributed by atoms with Crippen LogP contribution in [0.2, 0.25) is 0 Å². The Morgan fingerprint density at radius 2 is 1.96 bits per heavy atom. The maximum absolute atomic E-state index is 12.7. The summed E-state index contributed by atoms with van der Waals surface area (Å²) in [5, 5.41) is 7.59. The summed E-state index contributed by atoms with van der Waals surface area (Å²) in [6, 6.07) is 0.357. The van der Waals surface area contributed by atoms with Crippen LogP contribution in [-0.4, -0.2) is 39.1 Å². The van der Waals surface area contributed by atoms with Crippen molar-refractivity contribution in [2.24, 2.45) is 5.92 Å². The minimum Gasteiger partial charge on any atom is -0.352 e. The van der Waals surface area contributed by atoms with Crippen molar-refractivity contribution in [3.8, 4) is 0 Å². The lowest BCUT2D eigenvalue weighted by atomic mass is 9.94. The molecule has 1 N–H and O–H groups in total. The largest absolute Gasteiger partial charge is 0.352 e. The fraction of sp³-hybridized carbons (Fsp3) is 0.737. The Balaban J connectivity index is 1.59. The van der Waals surface area contributed by atoms with Crippen molar-refractivity contribution in [3.05, 3.63) is 17.0 Å². The molecule has 6 heteroatoms. The third-order valence-electron chi connectivity index (χ3n) is 5.85. The van der Waals surface area contributed by atoms with E-state index >= 15 is 0 Å². The molecule has 0 spiro atoms. The molecule has 2 heterocycles. The van der Waals surface area contributed by atoms with Crippen molar-refractivity contribution in [3.63, 3.8) is 0 Å². The normalized spacial score (nSPS) is 21.8. The number of hydrogen-bond donors (Lipinski definition) is 1. The first-order valence-corrected chi connectivity index (χ1v) is 9.61. The first kappa shape index (κ1) is 18.0. The van der Waals surface area contributed by atoms with Crippen LogP contribution in [0.1, 0.15) is 62.4 Å². The second-order valence-corrected chi connectivity index (χ2v) is 7.40. The van der Waals surface area contributed by atoms with Gasteiger partial charge in [0.1, 0.15) is 0 Å². The van der Waals surface area contributed by atoms with Crippen molar-refractivity contribution < 1.29 is 9.59 Å². The van der Waals surface area contributed by atoms with E-state index in [1.807, 2.05) is 23.4 Å². The van der Waals surface area contributed by atoms with Crippen LogP contribution in [-0.2, 0) is 22.7 Å². The number of carbonyl (C=O) groups excluding carboxylic acids is 2. The van der Waals surface area contributed by atoms with Crippen LogP contribution >= 0.6 is 0 Å². The monoisotopic (exact) mass is 346 g/mol. The molecular formula is C19H30N4O2. The summed E-state index contributed by atoms with van der Waals surface area (Å²) in [7, 11) is 0. The van der Waals surface area contributed by atoms with Crippen LogP contribution in [0.4, 0.5) is 0 Å². The van der Waals surface area contributed by atoms with E-state index < -0.39 is 0 Å². The molecule has 25 heavy (non-hydrogen) atoms. The molecule has 1 saturated carbocycles. The van der Waals surface area contributed by atoms with Gasteiger partial charge in [-0.2, -0.15) is 5.10 Å². The summed E-state index contributed by atoms with van der Waals surface area (Å²) in [5.41, 5.74) is 3.20. The standard InChI is InChI=1S/C19H30N4O2/c1-4-23-14(3)17(13(2)21-23)11-20-19(25)15-9-10-18(24)22(12-15)16-7-5-6-8-16/h15-16H,4-12H2,1-3H3,(H,20,25)/t15-/m1/s1. The first-order valence-electron chi connectivity index (χ1n) is 9.61. The fourth-order valence-electron chi connectivity index (χ4n) is 4.27. The molecule has 1 aromatic heterocycles. The number of rotatable bonds is 5. The summed E-state index contributed by atoms with van der Waals surface area (Å²) < 4.78 is 1.97. The highest BCUT2D eigenvalue weighted by molar-refractivity contribution is 5.84. The van der Waals surface area contributed by atoms with Gasteiger partial charge in [0.25, 0.3) is 0 Å². The highest BCUT2D eigenvalue weighted by Crippen LogP contribution is 2.28. The summed E-state index contributed by atoms with van der Waals surface area (Å²) in [6.45, 7) is 8.04. The van der Waals surface area contributed by atoms with Crippen LogP contribution in [0.3, 0.4) is 0 Å². The highest BCUT2D eigenvalue weighted by atomic mass is 16.2. The first-order chi connectivity index (χ1) is 12.0. The summed E-state index contributed by atoms with van der Waals surface area (Å²) in [6.07, 6.45) is 5.75. The number of aryl methyl sites for hydroxylation is 2. The Morgan fingerprint density at radius 1 is 1.24 bits per heavy atom. The number of aromatic nitrogens is 2. The van der Waals surface area contributed by atoms with Gasteiger partial charge < -0.3 is 10.2 Å². The summed E-state index contributed by atoms with van der Waals surface area (Å²) in [4.78, 5) is 26.9. The number of piperidine rings is 1. The lowest BCUT2D eigenvalue weighted by molar-refractivity contribution is -0.140. The van der Waals surface area contributed by atoms with E-state index in [2.05, 4.69) is 17.3 Å². The number of likely N-dealkylation sites (tertiary alicyclic amines) is 1. The molecule has 6 nitrogen and oxygen atoms in total. The Bertz CT molecular complexity index is 646. The van der Waals surface area contributed by atoms with E-state index in [9.17, 15) is 9.59 Å². The molecule has 2 amide bonds. The zero-order valence-electron chi connectivity index (χ0n) is 15.7. The van der Waals surface area contributed by atoms with Crippen molar-refractivity contribution in [1.29, 1.82) is 0 Å². The molecule has 0 unspecified atom stereocenters. The average Bonchev–Trinajstić information content (AvgIpc) is 3.22. The van der Waals surface area contributed by atoms with Gasteiger partial charge in [-0.15, -0.1) is 0 Å². The number of nitrogens with one attached hydrogen (secondary N) is 1. The van der Waals surface area contributed by atoms with Crippen LogP contribution in [0.5, 0.6) is 0 Å². The second-order valence-electron chi connectivity index (χ2n) is 7.40. The number of hydrogen-bond acceptors (Lipinski definition) is 3. The highest BCUT2D eigenvalue weighted by Gasteiger charge is 2.35. The van der Waals surface area contributed by atoms with Gasteiger partial charge in [0.05, 0.1) is 11.6 Å². The molecule has 1 atom stereocenters. The fourth-order valence-corrected chi connectivity index (χ4v) is 4.27. The topological polar surface area (TPSA) is 67.2 Å². The van der Waals surface area contributed by atoms with Crippen LogP contribution in [0, 0.1) is 19.8 Å². The van der Waals surface area contributed by atoms with Gasteiger partial charge in [0.15, 0.2) is 0 Å². The van der Waals surface area contributed by atoms with Crippen molar-refractivity contribution in [2.45, 2.75) is 78.4 Å². The smallest absolute Gasteiger partial charge is 0.225 e. The molecule has 1 aliphatic carbocycles. The van der Waals surface area contributed by atoms with Crippen LogP contribution in [0.15, 0.2) is 0 Å². The van der Waals surface area contributed by atoms with Gasteiger partial charge in [0, 0.05) is 43.4 Å². The third-order valence-corrected chi connectivity index (χ3v) is 5.85. The minimum atomic E-state index is -0.0832. The van der Waals surface area contributed by atoms with Gasteiger partial charge in [-0.3, -0.25) is 14.3 Å². The zero-order valence-corrected chi connectivity index (χ0v) is 15.7. The Kier molecular flexibility index (Phi) is 5.45. The number of amides is 2. The molecule has 1 saturated heterocycles. The van der Waals surface area contributed by atoms with E-state index in [-0.39, 0.29) is 17.7 Å². The molecule has 138 valence electrons. The van der Waals surface area contributed by atoms with Gasteiger partial charge in [-0.1, -0.05) is 12.8 Å². The molecule has 2 fully saturated rings. The molecule has 0 aromatic carbocycles. The van der Waals surface area contributed by atoms with Gasteiger partial charge in [-0.05, 0) is 40.0 Å². The molecule has 1 aromatic rings. The lowest BCUT2D eigenvalue weighted by Gasteiger charge is -2.36. The maximum atomic E-state index is 12.7. The molecule has 0 bridgehead atoms. The SMILES string of the molecule is CCn1nc(C)c(CNC(=O)[C@@H]2CCC(=O)N(C3CCCC3)C2)c1C. The zero-order chi connectivity index (χ0) is 18.0. The quantitative estimate of drug-likeness (QED) is 0.890. The molecule has 2 aliphatic rings. The van der Waals surface area contributed by atoms with Gasteiger partial charge >= 0.3 is 0 Å². The predicted molar refractivity (Wildman–Crippen MR) is 95.9 cm³/mol. The van der Waals surface area contributed by atoms with E-state index in [1.165, 1.54) is 12.8 Å². The molecule has 0 radical (unpaired) electrons. The van der Waals surface area contributed by atoms with Crippen molar-refractivity contribution >= 4 is 11.8 Å².